The van der Waals surface area contributed by atoms with Crippen LogP contribution in [0, 0.1) is 0 Å². The van der Waals surface area contributed by atoms with E-state index >= 15 is 14.4 Å². The number of esters is 1. The molecule has 0 aliphatic carbocycles. The lowest BCUT2D eigenvalue weighted by atomic mass is 9.98. The first-order valence-electron chi connectivity index (χ1n) is 25.9. The number of thioether (sulfide) groups is 1. The second-order valence-electron chi connectivity index (χ2n) is 20.2. The summed E-state index contributed by atoms with van der Waals surface area (Å²) in [4.78, 5) is 104. The summed E-state index contributed by atoms with van der Waals surface area (Å²) in [5.41, 5.74) is 1.79. The van der Waals surface area contributed by atoms with E-state index in [1.165, 1.54) is 21.9 Å². The van der Waals surface area contributed by atoms with E-state index in [0.29, 0.717) is 33.1 Å². The number of imide groups is 1. The first-order chi connectivity index (χ1) is 38.5. The number of ether oxygens (including phenoxy) is 6. The molecule has 4 atom stereocenters. The van der Waals surface area contributed by atoms with Gasteiger partial charge in [-0.2, -0.15) is 0 Å². The molecule has 0 bridgehead atoms. The predicted octanol–water partition coefficient (Wildman–Crippen LogP) is 9.12. The van der Waals surface area contributed by atoms with Crippen molar-refractivity contribution in [1.82, 2.24) is 20.0 Å². The van der Waals surface area contributed by atoms with Crippen LogP contribution in [0.4, 0.5) is 4.79 Å². The number of benzene rings is 6. The number of likely N-dealkylation sites (tertiary alicyclic amines) is 1. The van der Waals surface area contributed by atoms with Crippen LogP contribution in [0.2, 0.25) is 5.02 Å². The molecule has 80 heavy (non-hydrogen) atoms. The third kappa shape index (κ3) is 12.3. The second-order valence-corrected chi connectivity index (χ2v) is 22.0. The van der Waals surface area contributed by atoms with Gasteiger partial charge in [-0.3, -0.25) is 24.0 Å². The standard InChI is InChI=1S/C61H59ClN4O13S/c1-60(2,3)79-59(73)66(56(71)51(68)45-31-32-47(76-35-39-23-27-43(74-4)28-24-39)53(49(45)62)77-36-40-25-29-44(75-5)30-26-40)46-22-15-33-65(54(46)69)61(58(72)78-52(41-18-11-7-12-19-41)42-20-13-8-14-21-42)37-64-55(70)50(57(64)80-61)63-48(67)34-38-16-9-6-10-17-38/h6-14,16-21,23-32,46,50,52,57H,15,22,33-37H2,1-5H3,(H,63,67)/t46-,50-,57-,61-/m1/s1. The Balaban J connectivity index is 1.05. The molecule has 3 aliphatic heterocycles. The van der Waals surface area contributed by atoms with Crippen LogP contribution in [-0.4, -0.2) is 111 Å². The number of halogens is 1. The minimum absolute atomic E-state index is 0.0175. The maximum atomic E-state index is 15.6. The lowest BCUT2D eigenvalue weighted by Crippen LogP contribution is -2.68. The zero-order chi connectivity index (χ0) is 56.7. The number of methoxy groups -OCH3 is 2. The largest absolute Gasteiger partial charge is 0.497 e. The van der Waals surface area contributed by atoms with Crippen LogP contribution >= 0.6 is 23.4 Å². The first kappa shape index (κ1) is 56.4. The molecule has 0 unspecified atom stereocenters. The SMILES string of the molecule is COc1ccc(COc2ccc(C(=O)C(=O)N(C(=O)OC(C)(C)C)[C@@H]3CCCN([C@]4(C(=O)OC(c5ccccc5)c5ccccc5)CN5C(=O)[C@@H](NC(=O)Cc6ccccc6)[C@H]5S4)C3=O)c(Cl)c2OCc2ccc(OC)cc2)cc1. The molecular weight excluding hydrogens is 1060 g/mol. The van der Waals surface area contributed by atoms with Gasteiger partial charge in [0, 0.05) is 6.54 Å². The zero-order valence-electron chi connectivity index (χ0n) is 44.6. The van der Waals surface area contributed by atoms with Gasteiger partial charge < -0.3 is 43.5 Å². The summed E-state index contributed by atoms with van der Waals surface area (Å²) in [7, 11) is 3.10. The molecule has 0 radical (unpaired) electrons. The van der Waals surface area contributed by atoms with Crippen molar-refractivity contribution >= 4 is 64.8 Å². The fourth-order valence-corrected chi connectivity index (χ4v) is 11.6. The summed E-state index contributed by atoms with van der Waals surface area (Å²) in [5.74, 6) is -4.18. The van der Waals surface area contributed by atoms with Crippen molar-refractivity contribution in [2.24, 2.45) is 0 Å². The van der Waals surface area contributed by atoms with Gasteiger partial charge >= 0.3 is 18.0 Å². The van der Waals surface area contributed by atoms with Crippen LogP contribution < -0.4 is 24.3 Å². The number of nitrogens with zero attached hydrogens (tertiary/aromatic N) is 3. The third-order valence-electron chi connectivity index (χ3n) is 13.7. The highest BCUT2D eigenvalue weighted by Gasteiger charge is 2.67. The van der Waals surface area contributed by atoms with Crippen LogP contribution in [-0.2, 0) is 53.1 Å². The smallest absolute Gasteiger partial charge is 0.418 e. The van der Waals surface area contributed by atoms with E-state index in [0.717, 1.165) is 22.9 Å². The topological polar surface area (TPSA) is 197 Å². The number of piperidine rings is 1. The van der Waals surface area contributed by atoms with Gasteiger partial charge in [-0.1, -0.05) is 139 Å². The summed E-state index contributed by atoms with van der Waals surface area (Å²) in [6, 6.07) is 41.1. The average Bonchev–Trinajstić information content (AvgIpc) is 3.84. The van der Waals surface area contributed by atoms with Crippen molar-refractivity contribution in [3.05, 3.63) is 190 Å². The fraction of sp³-hybridized carbons (Fsp3) is 0.295. The molecule has 6 aromatic carbocycles. The zero-order valence-corrected chi connectivity index (χ0v) is 46.2. The van der Waals surface area contributed by atoms with Gasteiger partial charge in [0.25, 0.3) is 5.78 Å². The van der Waals surface area contributed by atoms with E-state index in [2.05, 4.69) is 5.32 Å². The number of hydrogen-bond acceptors (Lipinski definition) is 14. The van der Waals surface area contributed by atoms with E-state index in [9.17, 15) is 19.2 Å². The van der Waals surface area contributed by atoms with Crippen LogP contribution in [0.15, 0.2) is 152 Å². The van der Waals surface area contributed by atoms with E-state index in [-0.39, 0.29) is 67.7 Å². The molecule has 5 amide bonds. The van der Waals surface area contributed by atoms with Gasteiger partial charge in [0.15, 0.2) is 17.6 Å². The normalized spacial score (nSPS) is 18.6. The van der Waals surface area contributed by atoms with E-state index in [1.54, 1.807) is 144 Å². The number of hydrogen-bond donors (Lipinski definition) is 1. The summed E-state index contributed by atoms with van der Waals surface area (Å²) in [6.07, 6.45) is -2.36. The Hall–Kier alpha value is -8.35. The minimum atomic E-state index is -2.01. The van der Waals surface area contributed by atoms with E-state index in [1.807, 2.05) is 30.3 Å². The Morgan fingerprint density at radius 2 is 1.29 bits per heavy atom. The van der Waals surface area contributed by atoms with Gasteiger partial charge in [0.05, 0.1) is 37.8 Å². The molecule has 19 heteroatoms. The van der Waals surface area contributed by atoms with Crippen LogP contribution in [0.3, 0.4) is 0 Å². The minimum Gasteiger partial charge on any atom is -0.497 e. The van der Waals surface area contributed by atoms with Crippen molar-refractivity contribution in [2.45, 2.75) is 87.3 Å². The monoisotopic (exact) mass is 1120 g/mol. The first-order valence-corrected chi connectivity index (χ1v) is 27.1. The molecule has 0 spiro atoms. The predicted molar refractivity (Wildman–Crippen MR) is 297 cm³/mol. The Morgan fingerprint density at radius 1 is 0.725 bits per heavy atom. The van der Waals surface area contributed by atoms with Gasteiger partial charge in [0.2, 0.25) is 22.6 Å². The Labute approximate surface area is 472 Å². The maximum Gasteiger partial charge on any atom is 0.418 e. The Kier molecular flexibility index (Phi) is 17.2. The number of fused-ring (bicyclic) bond motifs is 1. The van der Waals surface area contributed by atoms with Gasteiger partial charge in [-0.15, -0.1) is 0 Å². The molecule has 3 heterocycles. The molecule has 3 saturated heterocycles. The van der Waals surface area contributed by atoms with Crippen molar-refractivity contribution in [1.29, 1.82) is 0 Å². The maximum absolute atomic E-state index is 15.6. The van der Waals surface area contributed by atoms with Crippen LogP contribution in [0.25, 0.3) is 0 Å². The molecular formula is C61H59ClN4O13S. The molecule has 9 rings (SSSR count). The molecule has 0 saturated carbocycles. The highest BCUT2D eigenvalue weighted by Crippen LogP contribution is 2.51. The van der Waals surface area contributed by atoms with Crippen molar-refractivity contribution < 1.29 is 62.0 Å². The van der Waals surface area contributed by atoms with E-state index < -0.39 is 75.5 Å². The number of β-lactam (4-membered cyclic amide) rings is 1. The van der Waals surface area contributed by atoms with Gasteiger partial charge in [0.1, 0.15) is 47.8 Å². The molecule has 414 valence electrons. The Morgan fingerprint density at radius 3 is 1.85 bits per heavy atom. The highest BCUT2D eigenvalue weighted by atomic mass is 35.5. The number of carbonyl (C=O) groups is 7. The van der Waals surface area contributed by atoms with Gasteiger partial charge in [-0.25, -0.2) is 14.5 Å². The highest BCUT2D eigenvalue weighted by molar-refractivity contribution is 8.02. The number of nitrogens with one attached hydrogen (secondary N) is 1. The summed E-state index contributed by atoms with van der Waals surface area (Å²) >= 11 is 8.03. The quantitative estimate of drug-likeness (QED) is 0.0349. The fourth-order valence-electron chi connectivity index (χ4n) is 9.65. The molecule has 6 aromatic rings. The van der Waals surface area contributed by atoms with Crippen molar-refractivity contribution in [2.75, 3.05) is 27.3 Å². The number of ketones is 1. The number of carbonyl (C=O) groups excluding carboxylic acids is 7. The molecule has 1 N–H and O–H groups in total. The molecule has 0 aromatic heterocycles. The summed E-state index contributed by atoms with van der Waals surface area (Å²) in [6.45, 7) is 4.19. The average molecular weight is 1120 g/mol. The summed E-state index contributed by atoms with van der Waals surface area (Å²) in [5, 5.41) is 1.67. The third-order valence-corrected chi connectivity index (χ3v) is 15.7. The summed E-state index contributed by atoms with van der Waals surface area (Å²) < 4.78 is 35.3. The Bertz CT molecular complexity index is 3220. The van der Waals surface area contributed by atoms with Crippen molar-refractivity contribution in [3.63, 3.8) is 0 Å². The number of amides is 5. The number of Topliss-reactive ketones (excluding diaryl/α,β-unsaturated/α-hetero) is 1. The number of rotatable bonds is 19. The molecule has 17 nitrogen and oxygen atoms in total. The lowest BCUT2D eigenvalue weighted by molar-refractivity contribution is -0.167. The second kappa shape index (κ2) is 24.3. The lowest BCUT2D eigenvalue weighted by Gasteiger charge is -2.44. The van der Waals surface area contributed by atoms with E-state index in [4.69, 9.17) is 40.0 Å². The van der Waals surface area contributed by atoms with Gasteiger partial charge in [-0.05, 0) is 97.8 Å². The molecule has 3 fully saturated rings. The molecule has 3 aliphatic rings. The van der Waals surface area contributed by atoms with Crippen molar-refractivity contribution in [3.8, 4) is 23.0 Å². The van der Waals surface area contributed by atoms with Crippen LogP contribution in [0.1, 0.15) is 77.9 Å². The van der Waals surface area contributed by atoms with Crippen LogP contribution in [0.5, 0.6) is 23.0 Å².